The van der Waals surface area contributed by atoms with Crippen LogP contribution in [0.3, 0.4) is 0 Å². The number of hydrogen-bond donors (Lipinski definition) is 0. The first kappa shape index (κ1) is 24.5. The van der Waals surface area contributed by atoms with Gasteiger partial charge in [0.15, 0.2) is 0 Å². The zero-order chi connectivity index (χ0) is 21.8. The van der Waals surface area contributed by atoms with Crippen LogP contribution in [-0.4, -0.2) is 50.8 Å². The highest BCUT2D eigenvalue weighted by Crippen LogP contribution is 2.35. The molecule has 1 amide bonds. The number of cyclic esters (lactones) is 1. The summed E-state index contributed by atoms with van der Waals surface area (Å²) in [6, 6.07) is 6.13. The maximum atomic E-state index is 12.3. The van der Waals surface area contributed by atoms with Crippen LogP contribution in [0.25, 0.3) is 0 Å². The number of amides is 1. The van der Waals surface area contributed by atoms with Crippen LogP contribution >= 0.6 is 0 Å². The fourth-order valence-electron chi connectivity index (χ4n) is 3.29. The quantitative estimate of drug-likeness (QED) is 0.634. The molecule has 2 aliphatic heterocycles. The van der Waals surface area contributed by atoms with Crippen molar-refractivity contribution in [1.29, 1.82) is 0 Å². The predicted molar refractivity (Wildman–Crippen MR) is 125 cm³/mol. The highest BCUT2D eigenvalue weighted by molar-refractivity contribution is 5.92. The van der Waals surface area contributed by atoms with Crippen molar-refractivity contribution in [1.82, 2.24) is 4.90 Å². The molecular weight excluding hydrogens is 362 g/mol. The summed E-state index contributed by atoms with van der Waals surface area (Å²) in [5.74, 6) is 0. The zero-order valence-corrected chi connectivity index (χ0v) is 18.8. The number of carbonyl (C=O) groups is 1. The maximum Gasteiger partial charge on any atom is 0.414 e. The molecular formula is C24H37N3O2. The second kappa shape index (κ2) is 12.8. The lowest BCUT2D eigenvalue weighted by atomic mass is 10.1. The van der Waals surface area contributed by atoms with Crippen molar-refractivity contribution in [2.45, 2.75) is 34.3 Å². The average molecular weight is 400 g/mol. The molecule has 0 atom stereocenters. The van der Waals surface area contributed by atoms with Gasteiger partial charge in [-0.2, -0.15) is 0 Å². The minimum Gasteiger partial charge on any atom is -0.444 e. The molecule has 0 radical (unpaired) electrons. The van der Waals surface area contributed by atoms with E-state index in [4.69, 9.17) is 4.74 Å². The molecule has 29 heavy (non-hydrogen) atoms. The number of ether oxygens (including phenoxy) is 1. The Labute approximate surface area is 176 Å². The number of carbonyl (C=O) groups excluding carboxylic acids is 1. The smallest absolute Gasteiger partial charge is 0.414 e. The Balaban J connectivity index is 0.000000989. The first-order valence-corrected chi connectivity index (χ1v) is 10.6. The van der Waals surface area contributed by atoms with E-state index >= 15 is 0 Å². The summed E-state index contributed by atoms with van der Waals surface area (Å²) >= 11 is 0. The molecule has 0 saturated carbocycles. The SMILES string of the molecule is C=C/C=C(\C=C)CN1C(=O)OCc2c(N3CCN(C)CC3)cccc21.CC.CC. The first-order chi connectivity index (χ1) is 14.1. The highest BCUT2D eigenvalue weighted by Gasteiger charge is 2.29. The Bertz CT molecular complexity index is 704. The number of rotatable bonds is 5. The lowest BCUT2D eigenvalue weighted by Crippen LogP contribution is -2.45. The minimum atomic E-state index is -0.320. The van der Waals surface area contributed by atoms with E-state index in [1.165, 1.54) is 0 Å². The number of likely N-dealkylation sites (N-methyl/N-ethyl adjacent to an activating group) is 1. The van der Waals surface area contributed by atoms with E-state index in [9.17, 15) is 4.79 Å². The first-order valence-electron chi connectivity index (χ1n) is 10.6. The van der Waals surface area contributed by atoms with Gasteiger partial charge >= 0.3 is 6.09 Å². The summed E-state index contributed by atoms with van der Waals surface area (Å²) in [6.07, 6.45) is 4.99. The zero-order valence-electron chi connectivity index (χ0n) is 18.8. The molecule has 160 valence electrons. The van der Waals surface area contributed by atoms with Crippen molar-refractivity contribution in [2.24, 2.45) is 0 Å². The van der Waals surface area contributed by atoms with Gasteiger partial charge in [-0.25, -0.2) is 4.79 Å². The van der Waals surface area contributed by atoms with Crippen molar-refractivity contribution in [3.8, 4) is 0 Å². The lowest BCUT2D eigenvalue weighted by molar-refractivity contribution is 0.142. The van der Waals surface area contributed by atoms with Gasteiger partial charge in [-0.15, -0.1) is 0 Å². The van der Waals surface area contributed by atoms with Crippen molar-refractivity contribution in [3.63, 3.8) is 0 Å². The third-order valence-corrected chi connectivity index (χ3v) is 4.76. The van der Waals surface area contributed by atoms with Crippen LogP contribution in [0.15, 0.2) is 55.2 Å². The molecule has 5 nitrogen and oxygen atoms in total. The van der Waals surface area contributed by atoms with Crippen LogP contribution in [0, 0.1) is 0 Å². The lowest BCUT2D eigenvalue weighted by Gasteiger charge is -2.37. The van der Waals surface area contributed by atoms with Crippen LogP contribution in [-0.2, 0) is 11.3 Å². The largest absolute Gasteiger partial charge is 0.444 e. The molecule has 0 N–H and O–H groups in total. The molecule has 2 heterocycles. The number of fused-ring (bicyclic) bond motifs is 1. The molecule has 0 aromatic heterocycles. The predicted octanol–water partition coefficient (Wildman–Crippen LogP) is 5.25. The molecule has 0 unspecified atom stereocenters. The number of allylic oxidation sites excluding steroid dienone is 2. The van der Waals surface area contributed by atoms with E-state index in [1.807, 2.05) is 45.9 Å². The van der Waals surface area contributed by atoms with E-state index < -0.39 is 0 Å². The Morgan fingerprint density at radius 3 is 2.28 bits per heavy atom. The normalized spacial score (nSPS) is 16.4. The number of piperazine rings is 1. The van der Waals surface area contributed by atoms with Crippen molar-refractivity contribution >= 4 is 17.5 Å². The van der Waals surface area contributed by atoms with E-state index in [1.54, 1.807) is 17.1 Å². The summed E-state index contributed by atoms with van der Waals surface area (Å²) in [7, 11) is 2.14. The second-order valence-electron chi connectivity index (χ2n) is 6.39. The van der Waals surface area contributed by atoms with E-state index in [0.717, 1.165) is 48.7 Å². The van der Waals surface area contributed by atoms with Gasteiger partial charge in [0.25, 0.3) is 0 Å². The molecule has 5 heteroatoms. The number of nitrogens with zero attached hydrogens (tertiary/aromatic N) is 3. The van der Waals surface area contributed by atoms with Crippen LogP contribution in [0.4, 0.5) is 16.2 Å². The average Bonchev–Trinajstić information content (AvgIpc) is 2.78. The van der Waals surface area contributed by atoms with Crippen LogP contribution in [0.2, 0.25) is 0 Å². The summed E-state index contributed by atoms with van der Waals surface area (Å²) < 4.78 is 5.46. The maximum absolute atomic E-state index is 12.3. The van der Waals surface area contributed by atoms with Crippen molar-refractivity contribution in [2.75, 3.05) is 49.6 Å². The van der Waals surface area contributed by atoms with Crippen molar-refractivity contribution in [3.05, 3.63) is 60.7 Å². The molecule has 1 aromatic rings. The molecule has 1 fully saturated rings. The van der Waals surface area contributed by atoms with Crippen LogP contribution in [0.1, 0.15) is 33.3 Å². The van der Waals surface area contributed by atoms with Gasteiger partial charge in [0.2, 0.25) is 0 Å². The third kappa shape index (κ3) is 6.23. The minimum absolute atomic E-state index is 0.320. The Hall–Kier alpha value is -2.53. The van der Waals surface area contributed by atoms with Gasteiger partial charge in [-0.05, 0) is 24.8 Å². The van der Waals surface area contributed by atoms with Gasteiger partial charge in [-0.1, -0.05) is 65.1 Å². The molecule has 0 bridgehead atoms. The topological polar surface area (TPSA) is 36.0 Å². The third-order valence-electron chi connectivity index (χ3n) is 4.76. The van der Waals surface area contributed by atoms with Gasteiger partial charge in [0.05, 0.1) is 12.2 Å². The Kier molecular flexibility index (Phi) is 10.8. The summed E-state index contributed by atoms with van der Waals surface area (Å²) in [5, 5.41) is 0. The van der Waals surface area contributed by atoms with Crippen LogP contribution < -0.4 is 9.80 Å². The number of anilines is 2. The fourth-order valence-corrected chi connectivity index (χ4v) is 3.29. The van der Waals surface area contributed by atoms with E-state index in [0.29, 0.717) is 13.2 Å². The van der Waals surface area contributed by atoms with Gasteiger partial charge in [-0.3, -0.25) is 4.90 Å². The van der Waals surface area contributed by atoms with Gasteiger partial charge in [0, 0.05) is 37.4 Å². The van der Waals surface area contributed by atoms with Crippen molar-refractivity contribution < 1.29 is 9.53 Å². The van der Waals surface area contributed by atoms with Crippen LogP contribution in [0.5, 0.6) is 0 Å². The van der Waals surface area contributed by atoms with E-state index in [-0.39, 0.29) is 6.09 Å². The molecule has 2 aliphatic rings. The standard InChI is InChI=1S/C20H25N3O2.2C2H6/c1-4-7-16(5-2)14-23-19-9-6-8-18(17(19)15-25-20(23)24)22-12-10-21(3)11-13-22;2*1-2/h4-9H,1-2,10-15H2,3H3;2*1-2H3/b16-7+;;. The molecule has 1 aromatic carbocycles. The van der Waals surface area contributed by atoms with Gasteiger partial charge in [0.1, 0.15) is 6.61 Å². The monoisotopic (exact) mass is 399 g/mol. The fraction of sp³-hybridized carbons (Fsp3) is 0.458. The summed E-state index contributed by atoms with van der Waals surface area (Å²) in [5.41, 5.74) is 4.08. The Morgan fingerprint density at radius 2 is 1.69 bits per heavy atom. The number of hydrogen-bond acceptors (Lipinski definition) is 4. The molecule has 1 saturated heterocycles. The molecule has 0 spiro atoms. The summed E-state index contributed by atoms with van der Waals surface area (Å²) in [6.45, 7) is 20.3. The highest BCUT2D eigenvalue weighted by atomic mass is 16.6. The van der Waals surface area contributed by atoms with E-state index in [2.05, 4.69) is 36.1 Å². The molecule has 3 rings (SSSR count). The Morgan fingerprint density at radius 1 is 1.07 bits per heavy atom. The number of benzene rings is 1. The second-order valence-corrected chi connectivity index (χ2v) is 6.39. The molecule has 0 aliphatic carbocycles. The van der Waals surface area contributed by atoms with Gasteiger partial charge < -0.3 is 14.5 Å². The summed E-state index contributed by atoms with van der Waals surface area (Å²) in [4.78, 5) is 18.7.